The van der Waals surface area contributed by atoms with Crippen molar-refractivity contribution in [1.82, 2.24) is 10.2 Å². The summed E-state index contributed by atoms with van der Waals surface area (Å²) in [5.74, 6) is 1.08. The van der Waals surface area contributed by atoms with Gasteiger partial charge < -0.3 is 15.0 Å². The second-order valence-electron chi connectivity index (χ2n) is 6.21. The molecule has 126 valence electrons. The number of hydrogen-bond donors (Lipinski definition) is 1. The van der Waals surface area contributed by atoms with Crippen LogP contribution in [0.5, 0.6) is 5.75 Å². The molecule has 0 bridgehead atoms. The SMILES string of the molecule is CC(C)C(=O)N1CCC(C(=O)NCCOc2ccccc2)CC1. The van der Waals surface area contributed by atoms with E-state index >= 15 is 0 Å². The highest BCUT2D eigenvalue weighted by Crippen LogP contribution is 2.19. The predicted molar refractivity (Wildman–Crippen MR) is 89.1 cm³/mol. The van der Waals surface area contributed by atoms with E-state index in [0.717, 1.165) is 18.6 Å². The topological polar surface area (TPSA) is 58.6 Å². The van der Waals surface area contributed by atoms with E-state index in [2.05, 4.69) is 5.32 Å². The number of benzene rings is 1. The fourth-order valence-electron chi connectivity index (χ4n) is 2.73. The zero-order valence-electron chi connectivity index (χ0n) is 14.0. The van der Waals surface area contributed by atoms with Crippen molar-refractivity contribution in [3.63, 3.8) is 0 Å². The van der Waals surface area contributed by atoms with Gasteiger partial charge in [0.1, 0.15) is 12.4 Å². The van der Waals surface area contributed by atoms with Gasteiger partial charge in [-0.3, -0.25) is 9.59 Å². The Balaban J connectivity index is 1.64. The second kappa shape index (κ2) is 8.56. The molecule has 23 heavy (non-hydrogen) atoms. The van der Waals surface area contributed by atoms with Gasteiger partial charge in [-0.1, -0.05) is 32.0 Å². The Labute approximate surface area is 138 Å². The van der Waals surface area contributed by atoms with E-state index in [4.69, 9.17) is 4.74 Å². The van der Waals surface area contributed by atoms with E-state index in [0.29, 0.717) is 26.2 Å². The molecule has 1 aromatic rings. The molecule has 0 spiro atoms. The summed E-state index contributed by atoms with van der Waals surface area (Å²) >= 11 is 0. The predicted octanol–water partition coefficient (Wildman–Crippen LogP) is 2.08. The summed E-state index contributed by atoms with van der Waals surface area (Å²) in [5, 5.41) is 2.92. The number of amides is 2. The first-order chi connectivity index (χ1) is 11.1. The average molecular weight is 318 g/mol. The third kappa shape index (κ3) is 5.27. The second-order valence-corrected chi connectivity index (χ2v) is 6.21. The maximum absolute atomic E-state index is 12.1. The van der Waals surface area contributed by atoms with Gasteiger partial charge in [-0.05, 0) is 25.0 Å². The van der Waals surface area contributed by atoms with Crippen LogP contribution >= 0.6 is 0 Å². The van der Waals surface area contributed by atoms with Gasteiger partial charge in [0, 0.05) is 24.9 Å². The van der Waals surface area contributed by atoms with Gasteiger partial charge in [-0.25, -0.2) is 0 Å². The number of piperidine rings is 1. The maximum Gasteiger partial charge on any atom is 0.225 e. The van der Waals surface area contributed by atoms with E-state index in [1.54, 1.807) is 0 Å². The largest absolute Gasteiger partial charge is 0.492 e. The van der Waals surface area contributed by atoms with Crippen LogP contribution in [0.15, 0.2) is 30.3 Å². The Hall–Kier alpha value is -2.04. The van der Waals surface area contributed by atoms with Crippen molar-refractivity contribution in [3.8, 4) is 5.75 Å². The lowest BCUT2D eigenvalue weighted by Gasteiger charge is -2.32. The average Bonchev–Trinajstić information content (AvgIpc) is 2.59. The number of para-hydroxylation sites is 1. The molecule has 2 rings (SSSR count). The first-order valence-electron chi connectivity index (χ1n) is 8.32. The number of carbonyl (C=O) groups is 2. The molecule has 1 aliphatic heterocycles. The van der Waals surface area contributed by atoms with E-state index in [1.807, 2.05) is 49.1 Å². The highest BCUT2D eigenvalue weighted by molar-refractivity contribution is 5.80. The van der Waals surface area contributed by atoms with E-state index in [-0.39, 0.29) is 23.7 Å². The van der Waals surface area contributed by atoms with Gasteiger partial charge in [0.2, 0.25) is 11.8 Å². The molecule has 1 aromatic carbocycles. The van der Waals surface area contributed by atoms with Crippen molar-refractivity contribution in [2.45, 2.75) is 26.7 Å². The number of nitrogens with zero attached hydrogens (tertiary/aromatic N) is 1. The smallest absolute Gasteiger partial charge is 0.225 e. The molecular formula is C18H26N2O3. The van der Waals surface area contributed by atoms with Crippen LogP contribution in [0.1, 0.15) is 26.7 Å². The molecule has 0 aliphatic carbocycles. The van der Waals surface area contributed by atoms with Crippen molar-refractivity contribution in [1.29, 1.82) is 0 Å². The van der Waals surface area contributed by atoms with E-state index in [1.165, 1.54) is 0 Å². The van der Waals surface area contributed by atoms with Crippen LogP contribution in [-0.4, -0.2) is 43.0 Å². The van der Waals surface area contributed by atoms with Gasteiger partial charge in [0.15, 0.2) is 0 Å². The minimum Gasteiger partial charge on any atom is -0.492 e. The summed E-state index contributed by atoms with van der Waals surface area (Å²) in [5.41, 5.74) is 0. The molecule has 1 saturated heterocycles. The zero-order valence-corrected chi connectivity index (χ0v) is 14.0. The molecule has 0 atom stereocenters. The fourth-order valence-corrected chi connectivity index (χ4v) is 2.73. The van der Waals surface area contributed by atoms with Crippen molar-refractivity contribution in [3.05, 3.63) is 30.3 Å². The molecule has 1 aliphatic rings. The van der Waals surface area contributed by atoms with Gasteiger partial charge in [0.05, 0.1) is 6.54 Å². The third-order valence-electron chi connectivity index (χ3n) is 4.08. The number of hydrogen-bond acceptors (Lipinski definition) is 3. The van der Waals surface area contributed by atoms with Gasteiger partial charge >= 0.3 is 0 Å². The van der Waals surface area contributed by atoms with Crippen LogP contribution in [-0.2, 0) is 9.59 Å². The molecule has 1 N–H and O–H groups in total. The Bertz CT molecular complexity index is 508. The summed E-state index contributed by atoms with van der Waals surface area (Å²) < 4.78 is 5.55. The van der Waals surface area contributed by atoms with Crippen LogP contribution in [0.2, 0.25) is 0 Å². The first-order valence-corrected chi connectivity index (χ1v) is 8.32. The normalized spacial score (nSPS) is 15.5. The van der Waals surface area contributed by atoms with E-state index in [9.17, 15) is 9.59 Å². The van der Waals surface area contributed by atoms with E-state index < -0.39 is 0 Å². The number of rotatable bonds is 6. The minimum absolute atomic E-state index is 0.00272. The molecule has 1 fully saturated rings. The van der Waals surface area contributed by atoms with Crippen LogP contribution < -0.4 is 10.1 Å². The highest BCUT2D eigenvalue weighted by atomic mass is 16.5. The van der Waals surface area contributed by atoms with Crippen LogP contribution in [0.3, 0.4) is 0 Å². The molecule has 1 heterocycles. The molecular weight excluding hydrogens is 292 g/mol. The molecule has 0 saturated carbocycles. The van der Waals surface area contributed by atoms with Crippen LogP contribution in [0.25, 0.3) is 0 Å². The van der Waals surface area contributed by atoms with Crippen LogP contribution in [0, 0.1) is 11.8 Å². The molecule has 5 heteroatoms. The number of ether oxygens (including phenoxy) is 1. The van der Waals surface area contributed by atoms with Gasteiger partial charge in [-0.15, -0.1) is 0 Å². The van der Waals surface area contributed by atoms with Crippen molar-refractivity contribution >= 4 is 11.8 Å². The van der Waals surface area contributed by atoms with Crippen molar-refractivity contribution in [2.75, 3.05) is 26.2 Å². The lowest BCUT2D eigenvalue weighted by Crippen LogP contribution is -2.44. The van der Waals surface area contributed by atoms with Gasteiger partial charge in [-0.2, -0.15) is 0 Å². The monoisotopic (exact) mass is 318 g/mol. The highest BCUT2D eigenvalue weighted by Gasteiger charge is 2.27. The summed E-state index contributed by atoms with van der Waals surface area (Å²) in [6, 6.07) is 9.55. The quantitative estimate of drug-likeness (QED) is 0.817. The van der Waals surface area contributed by atoms with Crippen molar-refractivity contribution < 1.29 is 14.3 Å². The zero-order chi connectivity index (χ0) is 16.7. The van der Waals surface area contributed by atoms with Gasteiger partial charge in [0.25, 0.3) is 0 Å². The number of carbonyl (C=O) groups excluding carboxylic acids is 2. The Morgan fingerprint density at radius 2 is 1.87 bits per heavy atom. The Kier molecular flexibility index (Phi) is 6.44. The summed E-state index contributed by atoms with van der Waals surface area (Å²) in [7, 11) is 0. The molecule has 0 unspecified atom stereocenters. The first kappa shape index (κ1) is 17.3. The molecule has 0 radical (unpaired) electrons. The third-order valence-corrected chi connectivity index (χ3v) is 4.08. The lowest BCUT2D eigenvalue weighted by atomic mass is 9.95. The lowest BCUT2D eigenvalue weighted by molar-refractivity contribution is -0.138. The minimum atomic E-state index is 0.00272. The van der Waals surface area contributed by atoms with Crippen molar-refractivity contribution in [2.24, 2.45) is 11.8 Å². The summed E-state index contributed by atoms with van der Waals surface area (Å²) in [4.78, 5) is 25.9. The summed E-state index contributed by atoms with van der Waals surface area (Å²) in [6.07, 6.45) is 1.48. The summed E-state index contributed by atoms with van der Waals surface area (Å²) in [6.45, 7) is 6.13. The maximum atomic E-state index is 12.1. The Morgan fingerprint density at radius 3 is 2.48 bits per heavy atom. The standard InChI is InChI=1S/C18H26N2O3/c1-14(2)18(22)20-11-8-15(9-12-20)17(21)19-10-13-23-16-6-4-3-5-7-16/h3-7,14-15H,8-13H2,1-2H3,(H,19,21). The fraction of sp³-hybridized carbons (Fsp3) is 0.556. The Morgan fingerprint density at radius 1 is 1.22 bits per heavy atom. The number of likely N-dealkylation sites (tertiary alicyclic amines) is 1. The molecule has 5 nitrogen and oxygen atoms in total. The molecule has 0 aromatic heterocycles. The molecule has 2 amide bonds. The van der Waals surface area contributed by atoms with Crippen LogP contribution in [0.4, 0.5) is 0 Å². The number of nitrogens with one attached hydrogen (secondary N) is 1.